The Kier molecular flexibility index (Phi) is 8.36. The molecule has 0 spiro atoms. The lowest BCUT2D eigenvalue weighted by atomic mass is 10.00. The summed E-state index contributed by atoms with van der Waals surface area (Å²) in [6, 6.07) is 16.7. The molecule has 2 rings (SSSR count). The predicted octanol–water partition coefficient (Wildman–Crippen LogP) is 1.35. The van der Waals surface area contributed by atoms with Crippen LogP contribution in [0.4, 0.5) is 0 Å². The summed E-state index contributed by atoms with van der Waals surface area (Å²) in [6.45, 7) is 1.85. The average molecular weight is 396 g/mol. The standard InChI is InChI=1S/C22H29N5O2/c1-15(28)20(8-5-13-26-22(24)25)27-21(29)19(23)14-16-9-11-18(12-10-16)17-6-3-2-4-7-17/h2-4,6-7,9-12,19-20H,5,8,13-14,23H2,1H3,(H,27,29)(H4,24,25,26). The fraction of sp³-hybridized carbons (Fsp3) is 0.318. The molecule has 1 amide bonds. The van der Waals surface area contributed by atoms with Crippen molar-refractivity contribution in [3.63, 3.8) is 0 Å². The van der Waals surface area contributed by atoms with Crippen molar-refractivity contribution in [1.29, 1.82) is 0 Å². The van der Waals surface area contributed by atoms with Crippen LogP contribution in [0, 0.1) is 0 Å². The Morgan fingerprint density at radius 1 is 1.00 bits per heavy atom. The number of guanidine groups is 1. The molecule has 7 nitrogen and oxygen atoms in total. The van der Waals surface area contributed by atoms with Crippen molar-refractivity contribution >= 4 is 17.6 Å². The van der Waals surface area contributed by atoms with Crippen molar-refractivity contribution in [3.8, 4) is 11.1 Å². The number of aliphatic imine (C=N–C) groups is 1. The molecule has 29 heavy (non-hydrogen) atoms. The number of Topliss-reactive ketones (excluding diaryl/α,β-unsaturated/α-hetero) is 1. The van der Waals surface area contributed by atoms with Gasteiger partial charge < -0.3 is 22.5 Å². The number of benzene rings is 2. The second-order valence-electron chi connectivity index (χ2n) is 6.99. The monoisotopic (exact) mass is 395 g/mol. The Morgan fingerprint density at radius 3 is 2.21 bits per heavy atom. The van der Waals surface area contributed by atoms with E-state index in [1.54, 1.807) is 0 Å². The molecule has 0 aromatic heterocycles. The summed E-state index contributed by atoms with van der Waals surface area (Å²) in [5, 5.41) is 2.74. The first kappa shape index (κ1) is 22.1. The molecule has 0 aliphatic heterocycles. The Labute approximate surface area is 171 Å². The second kappa shape index (κ2) is 11.0. The third kappa shape index (κ3) is 7.38. The molecule has 7 heteroatoms. The maximum absolute atomic E-state index is 12.4. The van der Waals surface area contributed by atoms with Crippen molar-refractivity contribution in [2.45, 2.75) is 38.3 Å². The van der Waals surface area contributed by atoms with Crippen molar-refractivity contribution < 1.29 is 9.59 Å². The smallest absolute Gasteiger partial charge is 0.237 e. The molecule has 2 aromatic carbocycles. The lowest BCUT2D eigenvalue weighted by Gasteiger charge is -2.19. The van der Waals surface area contributed by atoms with Gasteiger partial charge in [-0.05, 0) is 42.9 Å². The first-order chi connectivity index (χ1) is 13.9. The van der Waals surface area contributed by atoms with Gasteiger partial charge in [-0.2, -0.15) is 0 Å². The number of carbonyl (C=O) groups excluding carboxylic acids is 2. The van der Waals surface area contributed by atoms with Crippen LogP contribution < -0.4 is 22.5 Å². The number of carbonyl (C=O) groups is 2. The van der Waals surface area contributed by atoms with Gasteiger partial charge in [-0.1, -0.05) is 54.6 Å². The molecular formula is C22H29N5O2. The number of ketones is 1. The van der Waals surface area contributed by atoms with Gasteiger partial charge in [-0.25, -0.2) is 0 Å². The van der Waals surface area contributed by atoms with Crippen molar-refractivity contribution in [2.24, 2.45) is 22.2 Å². The molecule has 2 atom stereocenters. The minimum absolute atomic E-state index is 0.00807. The van der Waals surface area contributed by atoms with Crippen LogP contribution in [-0.4, -0.2) is 36.3 Å². The third-order valence-electron chi connectivity index (χ3n) is 4.61. The summed E-state index contributed by atoms with van der Waals surface area (Å²) in [5.74, 6) is -0.463. The van der Waals surface area contributed by atoms with Crippen LogP contribution in [0.15, 0.2) is 59.6 Å². The van der Waals surface area contributed by atoms with E-state index in [-0.39, 0.29) is 17.6 Å². The highest BCUT2D eigenvalue weighted by Gasteiger charge is 2.21. The zero-order valence-electron chi connectivity index (χ0n) is 16.7. The maximum Gasteiger partial charge on any atom is 0.237 e. The van der Waals surface area contributed by atoms with E-state index in [2.05, 4.69) is 10.3 Å². The first-order valence-electron chi connectivity index (χ1n) is 9.63. The van der Waals surface area contributed by atoms with Crippen LogP contribution in [-0.2, 0) is 16.0 Å². The molecule has 0 fully saturated rings. The minimum atomic E-state index is -0.739. The van der Waals surface area contributed by atoms with Crippen LogP contribution in [0.5, 0.6) is 0 Å². The number of rotatable bonds is 10. The van der Waals surface area contributed by atoms with Gasteiger partial charge in [0.25, 0.3) is 0 Å². The van der Waals surface area contributed by atoms with Crippen LogP contribution in [0.25, 0.3) is 11.1 Å². The minimum Gasteiger partial charge on any atom is -0.370 e. The molecule has 0 aliphatic rings. The molecule has 0 heterocycles. The second-order valence-corrected chi connectivity index (χ2v) is 6.99. The lowest BCUT2D eigenvalue weighted by Crippen LogP contribution is -2.48. The van der Waals surface area contributed by atoms with Crippen molar-refractivity contribution in [2.75, 3.05) is 6.54 Å². The molecule has 0 aliphatic carbocycles. The van der Waals surface area contributed by atoms with Crippen molar-refractivity contribution in [3.05, 3.63) is 60.2 Å². The molecule has 0 saturated carbocycles. The SMILES string of the molecule is CC(=O)C(CCCN=C(N)N)NC(=O)C(N)Cc1ccc(-c2ccccc2)cc1. The van der Waals surface area contributed by atoms with Gasteiger partial charge in [0.05, 0.1) is 12.1 Å². The van der Waals surface area contributed by atoms with E-state index < -0.39 is 12.1 Å². The van der Waals surface area contributed by atoms with Gasteiger partial charge in [0.1, 0.15) is 0 Å². The maximum atomic E-state index is 12.4. The number of nitrogens with two attached hydrogens (primary N) is 3. The average Bonchev–Trinajstić information content (AvgIpc) is 2.71. The van der Waals surface area contributed by atoms with E-state index >= 15 is 0 Å². The van der Waals surface area contributed by atoms with E-state index in [9.17, 15) is 9.59 Å². The summed E-state index contributed by atoms with van der Waals surface area (Å²) in [6.07, 6.45) is 1.43. The van der Waals surface area contributed by atoms with E-state index in [1.807, 2.05) is 54.6 Å². The Morgan fingerprint density at radius 2 is 1.62 bits per heavy atom. The zero-order valence-corrected chi connectivity index (χ0v) is 16.7. The molecular weight excluding hydrogens is 366 g/mol. The summed E-state index contributed by atoms with van der Waals surface area (Å²) < 4.78 is 0. The molecule has 0 radical (unpaired) electrons. The topological polar surface area (TPSA) is 137 Å². The molecule has 154 valence electrons. The summed E-state index contributed by atoms with van der Waals surface area (Å²) in [5.41, 5.74) is 19.8. The number of nitrogens with one attached hydrogen (secondary N) is 1. The summed E-state index contributed by atoms with van der Waals surface area (Å²) in [4.78, 5) is 28.1. The molecule has 0 saturated heterocycles. The van der Waals surface area contributed by atoms with E-state index in [0.717, 1.165) is 16.7 Å². The molecule has 2 unspecified atom stereocenters. The van der Waals surface area contributed by atoms with Gasteiger partial charge in [0.15, 0.2) is 11.7 Å². The van der Waals surface area contributed by atoms with E-state index in [0.29, 0.717) is 25.8 Å². The summed E-state index contributed by atoms with van der Waals surface area (Å²) in [7, 11) is 0. The van der Waals surface area contributed by atoms with Gasteiger partial charge in [-0.15, -0.1) is 0 Å². The van der Waals surface area contributed by atoms with E-state index in [4.69, 9.17) is 17.2 Å². The number of hydrogen-bond donors (Lipinski definition) is 4. The number of hydrogen-bond acceptors (Lipinski definition) is 4. The lowest BCUT2D eigenvalue weighted by molar-refractivity contribution is -0.127. The number of nitrogens with zero attached hydrogens (tertiary/aromatic N) is 1. The highest BCUT2D eigenvalue weighted by molar-refractivity contribution is 5.89. The molecule has 0 bridgehead atoms. The van der Waals surface area contributed by atoms with Gasteiger partial charge >= 0.3 is 0 Å². The van der Waals surface area contributed by atoms with Crippen LogP contribution in [0.2, 0.25) is 0 Å². The zero-order chi connectivity index (χ0) is 21.2. The quantitative estimate of drug-likeness (QED) is 0.273. The van der Waals surface area contributed by atoms with Gasteiger partial charge in [0.2, 0.25) is 5.91 Å². The van der Waals surface area contributed by atoms with Crippen LogP contribution in [0.1, 0.15) is 25.3 Å². The Hall–Kier alpha value is -3.19. The van der Waals surface area contributed by atoms with Crippen molar-refractivity contribution in [1.82, 2.24) is 5.32 Å². The summed E-state index contributed by atoms with van der Waals surface area (Å²) >= 11 is 0. The molecule has 7 N–H and O–H groups in total. The number of amides is 1. The Balaban J connectivity index is 1.89. The normalized spacial score (nSPS) is 12.6. The van der Waals surface area contributed by atoms with Crippen LogP contribution in [0.3, 0.4) is 0 Å². The fourth-order valence-corrected chi connectivity index (χ4v) is 2.97. The highest BCUT2D eigenvalue weighted by atomic mass is 16.2. The predicted molar refractivity (Wildman–Crippen MR) is 116 cm³/mol. The Bertz CT molecular complexity index is 830. The largest absolute Gasteiger partial charge is 0.370 e. The molecule has 2 aromatic rings. The first-order valence-corrected chi connectivity index (χ1v) is 9.63. The fourth-order valence-electron chi connectivity index (χ4n) is 2.97. The van der Waals surface area contributed by atoms with Gasteiger partial charge in [-0.3, -0.25) is 14.6 Å². The third-order valence-corrected chi connectivity index (χ3v) is 4.61. The van der Waals surface area contributed by atoms with Gasteiger partial charge in [0, 0.05) is 6.54 Å². The highest BCUT2D eigenvalue weighted by Crippen LogP contribution is 2.19. The van der Waals surface area contributed by atoms with E-state index in [1.165, 1.54) is 6.92 Å². The van der Waals surface area contributed by atoms with Crippen LogP contribution >= 0.6 is 0 Å².